The van der Waals surface area contributed by atoms with E-state index in [1.54, 1.807) is 0 Å². The standard InChI is InChI=1S/C9H8Cl2O2/c1-2-13-9-4-7(10)6(5-12)3-8(9)11/h3-5H,2H2,1H3. The van der Waals surface area contributed by atoms with Crippen LogP contribution in [0, 0.1) is 0 Å². The molecule has 0 amide bonds. The maximum absolute atomic E-state index is 10.5. The molecule has 1 aromatic carbocycles. The van der Waals surface area contributed by atoms with Crippen molar-refractivity contribution in [1.29, 1.82) is 0 Å². The first-order valence-electron chi connectivity index (χ1n) is 3.76. The van der Waals surface area contributed by atoms with Gasteiger partial charge < -0.3 is 4.74 Å². The Morgan fingerprint density at radius 3 is 2.62 bits per heavy atom. The summed E-state index contributed by atoms with van der Waals surface area (Å²) in [5.41, 5.74) is 0.370. The lowest BCUT2D eigenvalue weighted by atomic mass is 10.2. The Morgan fingerprint density at radius 1 is 1.38 bits per heavy atom. The van der Waals surface area contributed by atoms with Crippen molar-refractivity contribution >= 4 is 29.5 Å². The highest BCUT2D eigenvalue weighted by molar-refractivity contribution is 6.36. The van der Waals surface area contributed by atoms with Crippen molar-refractivity contribution in [2.45, 2.75) is 6.92 Å². The molecule has 0 spiro atoms. The van der Waals surface area contributed by atoms with Gasteiger partial charge in [-0.3, -0.25) is 4.79 Å². The molecule has 0 radical (unpaired) electrons. The summed E-state index contributed by atoms with van der Waals surface area (Å²) >= 11 is 11.6. The quantitative estimate of drug-likeness (QED) is 0.729. The number of benzene rings is 1. The van der Waals surface area contributed by atoms with Crippen molar-refractivity contribution in [2.24, 2.45) is 0 Å². The Bertz CT molecular complexity index is 324. The van der Waals surface area contributed by atoms with Crippen molar-refractivity contribution in [3.8, 4) is 5.75 Å². The van der Waals surface area contributed by atoms with E-state index in [0.29, 0.717) is 34.3 Å². The Hall–Kier alpha value is -0.730. The van der Waals surface area contributed by atoms with Gasteiger partial charge in [0, 0.05) is 11.6 Å². The largest absolute Gasteiger partial charge is 0.492 e. The van der Waals surface area contributed by atoms with Crippen LogP contribution in [0.3, 0.4) is 0 Å². The van der Waals surface area contributed by atoms with Crippen molar-refractivity contribution in [3.63, 3.8) is 0 Å². The van der Waals surface area contributed by atoms with Gasteiger partial charge in [0.2, 0.25) is 0 Å². The fourth-order valence-corrected chi connectivity index (χ4v) is 1.33. The Labute approximate surface area is 86.4 Å². The SMILES string of the molecule is CCOc1cc(Cl)c(C=O)cc1Cl. The molecule has 0 aromatic heterocycles. The molecule has 0 aliphatic rings. The number of hydrogen-bond donors (Lipinski definition) is 0. The third-order valence-electron chi connectivity index (χ3n) is 1.48. The van der Waals surface area contributed by atoms with Crippen molar-refractivity contribution < 1.29 is 9.53 Å². The maximum Gasteiger partial charge on any atom is 0.151 e. The predicted octanol–water partition coefficient (Wildman–Crippen LogP) is 3.20. The van der Waals surface area contributed by atoms with Gasteiger partial charge in [-0.25, -0.2) is 0 Å². The molecule has 0 atom stereocenters. The first kappa shape index (κ1) is 10.4. The summed E-state index contributed by atoms with van der Waals surface area (Å²) in [4.78, 5) is 10.5. The normalized spacial score (nSPS) is 9.77. The molecule has 4 heteroatoms. The smallest absolute Gasteiger partial charge is 0.151 e. The second kappa shape index (κ2) is 4.49. The monoisotopic (exact) mass is 218 g/mol. The average Bonchev–Trinajstić information content (AvgIpc) is 2.11. The van der Waals surface area contributed by atoms with Crippen LogP contribution in [-0.4, -0.2) is 12.9 Å². The van der Waals surface area contributed by atoms with Gasteiger partial charge in [0.25, 0.3) is 0 Å². The van der Waals surface area contributed by atoms with Crippen LogP contribution in [0.2, 0.25) is 10.0 Å². The highest BCUT2D eigenvalue weighted by atomic mass is 35.5. The van der Waals surface area contributed by atoms with Gasteiger partial charge >= 0.3 is 0 Å². The lowest BCUT2D eigenvalue weighted by Gasteiger charge is -2.06. The fraction of sp³-hybridized carbons (Fsp3) is 0.222. The van der Waals surface area contributed by atoms with Crippen LogP contribution in [0.5, 0.6) is 5.75 Å². The van der Waals surface area contributed by atoms with E-state index in [1.807, 2.05) is 6.92 Å². The number of ether oxygens (including phenoxy) is 1. The molecule has 0 heterocycles. The molecule has 1 rings (SSSR count). The summed E-state index contributed by atoms with van der Waals surface area (Å²) in [5, 5.41) is 0.746. The lowest BCUT2D eigenvalue weighted by Crippen LogP contribution is -1.93. The molecule has 0 saturated carbocycles. The van der Waals surface area contributed by atoms with Crippen molar-refractivity contribution in [3.05, 3.63) is 27.7 Å². The van der Waals surface area contributed by atoms with Gasteiger partial charge in [-0.2, -0.15) is 0 Å². The van der Waals surface area contributed by atoms with Crippen molar-refractivity contribution in [1.82, 2.24) is 0 Å². The van der Waals surface area contributed by atoms with Crippen LogP contribution in [-0.2, 0) is 0 Å². The Balaban J connectivity index is 3.12. The second-order valence-corrected chi connectivity index (χ2v) is 3.17. The molecule has 0 saturated heterocycles. The molecule has 1 aromatic rings. The average molecular weight is 219 g/mol. The highest BCUT2D eigenvalue weighted by Crippen LogP contribution is 2.30. The summed E-state index contributed by atoms with van der Waals surface area (Å²) in [6.07, 6.45) is 0.657. The number of halogens is 2. The first-order chi connectivity index (χ1) is 6.19. The number of carbonyl (C=O) groups excluding carboxylic acids is 1. The van der Waals surface area contributed by atoms with Gasteiger partial charge in [0.15, 0.2) is 6.29 Å². The fourth-order valence-electron chi connectivity index (χ4n) is 0.900. The molecule has 0 bridgehead atoms. The Kier molecular flexibility index (Phi) is 3.58. The molecule has 70 valence electrons. The van der Waals surface area contributed by atoms with E-state index in [4.69, 9.17) is 27.9 Å². The topological polar surface area (TPSA) is 26.3 Å². The Morgan fingerprint density at radius 2 is 2.08 bits per heavy atom. The minimum atomic E-state index is 0.350. The van der Waals surface area contributed by atoms with Crippen LogP contribution < -0.4 is 4.74 Å². The number of carbonyl (C=O) groups is 1. The zero-order chi connectivity index (χ0) is 9.84. The van der Waals surface area contributed by atoms with Crippen LogP contribution in [0.4, 0.5) is 0 Å². The van der Waals surface area contributed by atoms with E-state index in [2.05, 4.69) is 0 Å². The van der Waals surface area contributed by atoms with Gasteiger partial charge in [0.05, 0.1) is 16.7 Å². The molecule has 13 heavy (non-hydrogen) atoms. The summed E-state index contributed by atoms with van der Waals surface area (Å²) in [5.74, 6) is 0.500. The van der Waals surface area contributed by atoms with E-state index >= 15 is 0 Å². The van der Waals surface area contributed by atoms with E-state index < -0.39 is 0 Å². The number of rotatable bonds is 3. The van der Waals surface area contributed by atoms with Crippen LogP contribution in [0.25, 0.3) is 0 Å². The van der Waals surface area contributed by atoms with E-state index in [0.717, 1.165) is 0 Å². The molecular weight excluding hydrogens is 211 g/mol. The lowest BCUT2D eigenvalue weighted by molar-refractivity contribution is 0.112. The number of aldehydes is 1. The van der Waals surface area contributed by atoms with E-state index in [-0.39, 0.29) is 0 Å². The third-order valence-corrected chi connectivity index (χ3v) is 2.10. The van der Waals surface area contributed by atoms with Crippen LogP contribution >= 0.6 is 23.2 Å². The molecule has 0 N–H and O–H groups in total. The zero-order valence-electron chi connectivity index (χ0n) is 7.01. The molecule has 0 aliphatic carbocycles. The van der Waals surface area contributed by atoms with E-state index in [9.17, 15) is 4.79 Å². The zero-order valence-corrected chi connectivity index (χ0v) is 8.52. The molecule has 0 fully saturated rings. The van der Waals surface area contributed by atoms with Crippen molar-refractivity contribution in [2.75, 3.05) is 6.61 Å². The van der Waals surface area contributed by atoms with Crippen LogP contribution in [0.15, 0.2) is 12.1 Å². The first-order valence-corrected chi connectivity index (χ1v) is 4.51. The summed E-state index contributed by atoms with van der Waals surface area (Å²) in [7, 11) is 0. The third kappa shape index (κ3) is 2.36. The highest BCUT2D eigenvalue weighted by Gasteiger charge is 2.06. The summed E-state index contributed by atoms with van der Waals surface area (Å²) in [6, 6.07) is 3.03. The molecule has 0 unspecified atom stereocenters. The van der Waals surface area contributed by atoms with Gasteiger partial charge in [-0.1, -0.05) is 23.2 Å². The minimum absolute atomic E-state index is 0.350. The molecular formula is C9H8Cl2O2. The van der Waals surface area contributed by atoms with E-state index in [1.165, 1.54) is 12.1 Å². The molecule has 0 aliphatic heterocycles. The van der Waals surface area contributed by atoms with Gasteiger partial charge in [-0.05, 0) is 13.0 Å². The minimum Gasteiger partial charge on any atom is -0.492 e. The van der Waals surface area contributed by atoms with Gasteiger partial charge in [0.1, 0.15) is 5.75 Å². The number of hydrogen-bond acceptors (Lipinski definition) is 2. The summed E-state index contributed by atoms with van der Waals surface area (Å²) in [6.45, 7) is 2.36. The molecule has 2 nitrogen and oxygen atoms in total. The summed E-state index contributed by atoms with van der Waals surface area (Å²) < 4.78 is 5.18. The predicted molar refractivity (Wildman–Crippen MR) is 53.0 cm³/mol. The van der Waals surface area contributed by atoms with Gasteiger partial charge in [-0.15, -0.1) is 0 Å². The van der Waals surface area contributed by atoms with Crippen LogP contribution in [0.1, 0.15) is 17.3 Å². The maximum atomic E-state index is 10.5. The second-order valence-electron chi connectivity index (χ2n) is 2.36.